The Kier molecular flexibility index (Phi) is 6.49. The van der Waals surface area contributed by atoms with Gasteiger partial charge in [0.05, 0.1) is 33.3 Å². The second-order valence-corrected chi connectivity index (χ2v) is 6.76. The summed E-state index contributed by atoms with van der Waals surface area (Å²) in [6, 6.07) is 16.8. The number of urea groups is 1. The second-order valence-electron chi connectivity index (χ2n) is 6.76. The lowest BCUT2D eigenvalue weighted by Crippen LogP contribution is -3.16. The van der Waals surface area contributed by atoms with Crippen LogP contribution in [0.4, 0.5) is 10.5 Å². The topological polar surface area (TPSA) is 75.1 Å². The molecule has 1 atom stereocenters. The lowest BCUT2D eigenvalue weighted by Gasteiger charge is -2.37. The van der Waals surface area contributed by atoms with Gasteiger partial charge in [0.2, 0.25) is 0 Å². The van der Waals surface area contributed by atoms with Gasteiger partial charge in [-0.2, -0.15) is 0 Å². The Bertz CT molecular complexity index is 787. The van der Waals surface area contributed by atoms with E-state index in [0.717, 1.165) is 48.1 Å². The van der Waals surface area contributed by atoms with E-state index in [1.807, 2.05) is 42.5 Å². The highest BCUT2D eigenvalue weighted by Gasteiger charge is 2.35. The molecule has 2 aromatic rings. The molecular weight excluding hydrogens is 356 g/mol. The number of amides is 3. The minimum atomic E-state index is -0.484. The maximum atomic E-state index is 12.8. The van der Waals surface area contributed by atoms with Crippen molar-refractivity contribution in [2.24, 2.45) is 0 Å². The zero-order valence-electron chi connectivity index (χ0n) is 16.3. The molecule has 1 fully saturated rings. The number of methoxy groups -OCH3 is 1. The molecule has 28 heavy (non-hydrogen) atoms. The number of hydrogen-bond donors (Lipinski definition) is 3. The minimum absolute atomic E-state index is 0.279. The van der Waals surface area contributed by atoms with Gasteiger partial charge in [-0.3, -0.25) is 10.1 Å². The fraction of sp³-hybridized carbons (Fsp3) is 0.333. The Morgan fingerprint density at radius 1 is 1.04 bits per heavy atom. The van der Waals surface area contributed by atoms with Crippen LogP contribution in [0.3, 0.4) is 0 Å². The zero-order valence-corrected chi connectivity index (χ0v) is 16.3. The van der Waals surface area contributed by atoms with Gasteiger partial charge in [-0.05, 0) is 24.3 Å². The number of rotatable bonds is 5. The van der Waals surface area contributed by atoms with Crippen LogP contribution in [0.5, 0.6) is 5.75 Å². The van der Waals surface area contributed by atoms with E-state index in [0.29, 0.717) is 0 Å². The standard InChI is InChI=1S/C21H26N4O3/c1-22-21(27)23-20(26)19(16-6-4-3-5-7-16)25-14-12-24(13-15-25)17-8-10-18(28-2)11-9-17/h3-11,19H,12-15H2,1-2H3,(H2,22,23,26,27)/p+1/t19-/m1/s1. The summed E-state index contributed by atoms with van der Waals surface area (Å²) in [5.41, 5.74) is 2.06. The average molecular weight is 383 g/mol. The summed E-state index contributed by atoms with van der Waals surface area (Å²) in [5.74, 6) is 0.557. The lowest BCUT2D eigenvalue weighted by atomic mass is 10.0. The first-order chi connectivity index (χ1) is 13.6. The van der Waals surface area contributed by atoms with Crippen molar-refractivity contribution >= 4 is 17.6 Å². The predicted molar refractivity (Wildman–Crippen MR) is 108 cm³/mol. The number of imide groups is 1. The molecule has 0 aliphatic carbocycles. The molecule has 148 valence electrons. The summed E-state index contributed by atoms with van der Waals surface area (Å²) in [6.45, 7) is 3.26. The number of hydrogen-bond acceptors (Lipinski definition) is 4. The van der Waals surface area contributed by atoms with Crippen LogP contribution in [0.2, 0.25) is 0 Å². The smallest absolute Gasteiger partial charge is 0.321 e. The molecule has 3 N–H and O–H groups in total. The van der Waals surface area contributed by atoms with Gasteiger partial charge in [0, 0.05) is 18.3 Å². The molecule has 7 nitrogen and oxygen atoms in total. The zero-order chi connectivity index (χ0) is 19.9. The number of carbonyl (C=O) groups excluding carboxylic acids is 2. The van der Waals surface area contributed by atoms with Crippen molar-refractivity contribution in [3.63, 3.8) is 0 Å². The van der Waals surface area contributed by atoms with Crippen LogP contribution in [0.1, 0.15) is 11.6 Å². The normalized spacial score (nSPS) is 15.6. The number of carbonyl (C=O) groups is 2. The van der Waals surface area contributed by atoms with Gasteiger partial charge < -0.3 is 19.9 Å². The molecule has 0 spiro atoms. The van der Waals surface area contributed by atoms with Crippen LogP contribution in [0.15, 0.2) is 54.6 Å². The molecule has 0 unspecified atom stereocenters. The lowest BCUT2D eigenvalue weighted by molar-refractivity contribution is -0.922. The number of piperazine rings is 1. The van der Waals surface area contributed by atoms with Crippen LogP contribution in [-0.2, 0) is 4.79 Å². The number of quaternary nitrogens is 1. The molecule has 1 heterocycles. The van der Waals surface area contributed by atoms with Gasteiger partial charge in [0.1, 0.15) is 5.75 Å². The van der Waals surface area contributed by atoms with Crippen LogP contribution in [-0.4, -0.2) is 52.3 Å². The van der Waals surface area contributed by atoms with E-state index in [1.165, 1.54) is 7.05 Å². The Balaban J connectivity index is 1.71. The Morgan fingerprint density at radius 3 is 2.25 bits per heavy atom. The van der Waals surface area contributed by atoms with E-state index >= 15 is 0 Å². The SMILES string of the molecule is CNC(=O)NC(=O)[C@@H](c1ccccc1)[NH+]1CCN(c2ccc(OC)cc2)CC1. The number of ether oxygens (including phenoxy) is 1. The monoisotopic (exact) mass is 383 g/mol. The van der Waals surface area contributed by atoms with Crippen LogP contribution >= 0.6 is 0 Å². The summed E-state index contributed by atoms with van der Waals surface area (Å²) in [5, 5.41) is 4.89. The fourth-order valence-electron chi connectivity index (χ4n) is 3.60. The fourth-order valence-corrected chi connectivity index (χ4v) is 3.60. The van der Waals surface area contributed by atoms with E-state index < -0.39 is 12.1 Å². The number of anilines is 1. The largest absolute Gasteiger partial charge is 0.497 e. The first-order valence-electron chi connectivity index (χ1n) is 9.43. The quantitative estimate of drug-likeness (QED) is 0.707. The summed E-state index contributed by atoms with van der Waals surface area (Å²) < 4.78 is 5.22. The highest BCUT2D eigenvalue weighted by atomic mass is 16.5. The molecule has 3 rings (SSSR count). The average Bonchev–Trinajstić information content (AvgIpc) is 2.75. The summed E-state index contributed by atoms with van der Waals surface area (Å²) in [7, 11) is 3.16. The van der Waals surface area contributed by atoms with Gasteiger partial charge >= 0.3 is 6.03 Å². The molecule has 1 aliphatic heterocycles. The van der Waals surface area contributed by atoms with Crippen molar-refractivity contribution in [1.29, 1.82) is 0 Å². The van der Waals surface area contributed by atoms with Gasteiger partial charge in [0.25, 0.3) is 5.91 Å². The molecule has 3 amide bonds. The first kappa shape index (κ1) is 19.7. The summed E-state index contributed by atoms with van der Waals surface area (Å²) in [6.07, 6.45) is 0. The third kappa shape index (κ3) is 4.61. The molecule has 7 heteroatoms. The van der Waals surface area contributed by atoms with Crippen molar-refractivity contribution in [3.8, 4) is 5.75 Å². The van der Waals surface area contributed by atoms with E-state index in [9.17, 15) is 9.59 Å². The van der Waals surface area contributed by atoms with Crippen molar-refractivity contribution in [2.45, 2.75) is 6.04 Å². The number of nitrogens with zero attached hydrogens (tertiary/aromatic N) is 1. The van der Waals surface area contributed by atoms with Gasteiger partial charge in [-0.25, -0.2) is 4.79 Å². The third-order valence-corrected chi connectivity index (χ3v) is 5.11. The molecule has 0 bridgehead atoms. The molecule has 2 aromatic carbocycles. The Morgan fingerprint density at radius 2 is 1.68 bits per heavy atom. The van der Waals surface area contributed by atoms with Crippen molar-refractivity contribution in [2.75, 3.05) is 45.2 Å². The summed E-state index contributed by atoms with van der Waals surface area (Å²) >= 11 is 0. The van der Waals surface area contributed by atoms with Crippen LogP contribution in [0.25, 0.3) is 0 Å². The van der Waals surface area contributed by atoms with Crippen molar-refractivity contribution in [1.82, 2.24) is 10.6 Å². The van der Waals surface area contributed by atoms with Crippen LogP contribution < -0.4 is 25.2 Å². The molecular formula is C21H27N4O3+. The van der Waals surface area contributed by atoms with Crippen LogP contribution in [0, 0.1) is 0 Å². The number of benzene rings is 2. The second kappa shape index (κ2) is 9.23. The molecule has 0 aromatic heterocycles. The van der Waals surface area contributed by atoms with E-state index in [-0.39, 0.29) is 5.91 Å². The van der Waals surface area contributed by atoms with Crippen molar-refractivity contribution in [3.05, 3.63) is 60.2 Å². The Hall–Kier alpha value is -3.06. The minimum Gasteiger partial charge on any atom is -0.497 e. The number of nitrogens with one attached hydrogen (secondary N) is 3. The molecule has 1 saturated heterocycles. The summed E-state index contributed by atoms with van der Waals surface area (Å²) in [4.78, 5) is 27.9. The Labute approximate surface area is 165 Å². The van der Waals surface area contributed by atoms with Gasteiger partial charge in [-0.15, -0.1) is 0 Å². The van der Waals surface area contributed by atoms with E-state index in [4.69, 9.17) is 4.74 Å². The first-order valence-corrected chi connectivity index (χ1v) is 9.43. The van der Waals surface area contributed by atoms with Gasteiger partial charge in [-0.1, -0.05) is 30.3 Å². The molecule has 0 saturated carbocycles. The van der Waals surface area contributed by atoms with Gasteiger partial charge in [0.15, 0.2) is 6.04 Å². The molecule has 0 radical (unpaired) electrons. The van der Waals surface area contributed by atoms with E-state index in [2.05, 4.69) is 27.7 Å². The maximum absolute atomic E-state index is 12.8. The van der Waals surface area contributed by atoms with E-state index in [1.54, 1.807) is 7.11 Å². The highest BCUT2D eigenvalue weighted by Crippen LogP contribution is 2.19. The molecule has 1 aliphatic rings. The highest BCUT2D eigenvalue weighted by molar-refractivity contribution is 5.96. The maximum Gasteiger partial charge on any atom is 0.321 e. The third-order valence-electron chi connectivity index (χ3n) is 5.11. The van der Waals surface area contributed by atoms with Crippen molar-refractivity contribution < 1.29 is 19.2 Å². The predicted octanol–water partition coefficient (Wildman–Crippen LogP) is 0.597.